The van der Waals surface area contributed by atoms with E-state index in [9.17, 15) is 13.2 Å². The lowest BCUT2D eigenvalue weighted by Crippen LogP contribution is -2.34. The zero-order chi connectivity index (χ0) is 19.3. The number of amides is 2. The van der Waals surface area contributed by atoms with Gasteiger partial charge in [0.15, 0.2) is 0 Å². The highest BCUT2D eigenvalue weighted by Gasteiger charge is 2.18. The van der Waals surface area contributed by atoms with Crippen LogP contribution in [0.15, 0.2) is 77.8 Å². The predicted molar refractivity (Wildman–Crippen MR) is 105 cm³/mol. The molecule has 0 saturated carbocycles. The molecule has 9 heteroatoms. The van der Waals surface area contributed by atoms with E-state index in [1.165, 1.54) is 12.1 Å². The summed E-state index contributed by atoms with van der Waals surface area (Å²) in [5.74, 6) is 0.435. The van der Waals surface area contributed by atoms with Gasteiger partial charge in [-0.2, -0.15) is 0 Å². The number of halogens is 1. The molecule has 138 valence electrons. The molecule has 2 amide bonds. The molecule has 0 saturated heterocycles. The van der Waals surface area contributed by atoms with E-state index in [4.69, 9.17) is 11.6 Å². The summed E-state index contributed by atoms with van der Waals surface area (Å²) in [5, 5.41) is 6.01. The SMILES string of the molecule is O=C(Nc1ccccc1)NS(=O)(=O)c1ccc(Nc2cccc(Cl)c2)nc1. The zero-order valence-electron chi connectivity index (χ0n) is 13.9. The second kappa shape index (κ2) is 8.07. The van der Waals surface area contributed by atoms with Gasteiger partial charge in [-0.3, -0.25) is 0 Å². The van der Waals surface area contributed by atoms with Crippen LogP contribution in [0.25, 0.3) is 0 Å². The minimum atomic E-state index is -4.05. The fourth-order valence-corrected chi connectivity index (χ4v) is 3.23. The Morgan fingerprint density at radius 3 is 2.33 bits per heavy atom. The molecular weight excluding hydrogens is 388 g/mol. The van der Waals surface area contributed by atoms with Crippen LogP contribution < -0.4 is 15.4 Å². The molecule has 0 aliphatic heterocycles. The van der Waals surface area contributed by atoms with Crippen LogP contribution in [0.3, 0.4) is 0 Å². The van der Waals surface area contributed by atoms with Gasteiger partial charge in [-0.15, -0.1) is 0 Å². The normalized spacial score (nSPS) is 10.9. The standard InChI is InChI=1S/C18H15ClN4O3S/c19-13-5-4-8-15(11-13)21-17-10-9-16(12-20-17)27(25,26)23-18(24)22-14-6-2-1-3-7-14/h1-12H,(H,20,21)(H2,22,23,24). The third kappa shape index (κ3) is 5.19. The average molecular weight is 403 g/mol. The van der Waals surface area contributed by atoms with Crippen molar-refractivity contribution in [1.82, 2.24) is 9.71 Å². The summed E-state index contributed by atoms with van der Waals surface area (Å²) in [4.78, 5) is 15.8. The maximum absolute atomic E-state index is 12.3. The maximum Gasteiger partial charge on any atom is 0.333 e. The molecular formula is C18H15ClN4O3S. The van der Waals surface area contributed by atoms with Crippen LogP contribution in [0, 0.1) is 0 Å². The third-order valence-corrected chi connectivity index (χ3v) is 4.95. The van der Waals surface area contributed by atoms with Gasteiger partial charge in [0.05, 0.1) is 0 Å². The molecule has 0 spiro atoms. The number of pyridine rings is 1. The van der Waals surface area contributed by atoms with Crippen molar-refractivity contribution in [2.75, 3.05) is 10.6 Å². The third-order valence-electron chi connectivity index (χ3n) is 3.40. The van der Waals surface area contributed by atoms with E-state index in [-0.39, 0.29) is 4.90 Å². The summed E-state index contributed by atoms with van der Waals surface area (Å²) < 4.78 is 26.5. The molecule has 1 aromatic heterocycles. The highest BCUT2D eigenvalue weighted by Crippen LogP contribution is 2.19. The second-order valence-corrected chi connectivity index (χ2v) is 7.56. The maximum atomic E-state index is 12.3. The highest BCUT2D eigenvalue weighted by atomic mass is 35.5. The van der Waals surface area contributed by atoms with Crippen molar-refractivity contribution in [2.45, 2.75) is 4.90 Å². The van der Waals surface area contributed by atoms with Crippen LogP contribution >= 0.6 is 11.6 Å². The van der Waals surface area contributed by atoms with E-state index in [0.717, 1.165) is 6.20 Å². The van der Waals surface area contributed by atoms with Gasteiger partial charge in [-0.05, 0) is 42.5 Å². The van der Waals surface area contributed by atoms with E-state index in [0.29, 0.717) is 22.2 Å². The summed E-state index contributed by atoms with van der Waals surface area (Å²) in [6.07, 6.45) is 1.16. The van der Waals surface area contributed by atoms with Gasteiger partial charge in [0, 0.05) is 22.6 Å². The number of hydrogen-bond donors (Lipinski definition) is 3. The molecule has 0 bridgehead atoms. The smallest absolute Gasteiger partial charge is 0.333 e. The number of carbonyl (C=O) groups excluding carboxylic acids is 1. The Kier molecular flexibility index (Phi) is 5.58. The summed E-state index contributed by atoms with van der Waals surface area (Å²) in [6.45, 7) is 0. The molecule has 0 aliphatic carbocycles. The minimum absolute atomic E-state index is 0.137. The number of nitrogens with one attached hydrogen (secondary N) is 3. The first-order valence-electron chi connectivity index (χ1n) is 7.80. The van der Waals surface area contributed by atoms with Gasteiger partial charge in [0.25, 0.3) is 10.0 Å². The molecule has 0 aliphatic rings. The van der Waals surface area contributed by atoms with Gasteiger partial charge in [-0.25, -0.2) is 22.9 Å². The number of urea groups is 1. The lowest BCUT2D eigenvalue weighted by Gasteiger charge is -2.09. The van der Waals surface area contributed by atoms with Crippen molar-refractivity contribution >= 4 is 44.8 Å². The number of benzene rings is 2. The number of carbonyl (C=O) groups is 1. The second-order valence-electron chi connectivity index (χ2n) is 5.44. The summed E-state index contributed by atoms with van der Waals surface area (Å²) in [6, 6.07) is 17.5. The minimum Gasteiger partial charge on any atom is -0.340 e. The summed E-state index contributed by atoms with van der Waals surface area (Å²) in [5.41, 5.74) is 1.19. The lowest BCUT2D eigenvalue weighted by molar-refractivity contribution is 0.256. The van der Waals surface area contributed by atoms with E-state index < -0.39 is 16.1 Å². The van der Waals surface area contributed by atoms with Gasteiger partial charge in [0.1, 0.15) is 10.7 Å². The van der Waals surface area contributed by atoms with Crippen LogP contribution in [0.1, 0.15) is 0 Å². The summed E-state index contributed by atoms with van der Waals surface area (Å²) >= 11 is 5.92. The van der Waals surface area contributed by atoms with Crippen LogP contribution in [-0.2, 0) is 10.0 Å². The average Bonchev–Trinajstić information content (AvgIpc) is 2.62. The van der Waals surface area contributed by atoms with Crippen LogP contribution in [0.2, 0.25) is 5.02 Å². The molecule has 7 nitrogen and oxygen atoms in total. The monoisotopic (exact) mass is 402 g/mol. The molecule has 2 aromatic carbocycles. The Morgan fingerprint density at radius 1 is 0.926 bits per heavy atom. The number of para-hydroxylation sites is 1. The first kappa shape index (κ1) is 18.7. The highest BCUT2D eigenvalue weighted by molar-refractivity contribution is 7.90. The molecule has 0 unspecified atom stereocenters. The van der Waals surface area contributed by atoms with Gasteiger partial charge < -0.3 is 10.6 Å². The first-order chi connectivity index (χ1) is 12.9. The number of aromatic nitrogens is 1. The van der Waals surface area contributed by atoms with E-state index >= 15 is 0 Å². The van der Waals surface area contributed by atoms with Crippen LogP contribution in [-0.4, -0.2) is 19.4 Å². The fraction of sp³-hybridized carbons (Fsp3) is 0. The Labute approximate surface area is 161 Å². The Bertz CT molecular complexity index is 1040. The number of anilines is 3. The van der Waals surface area contributed by atoms with Crippen molar-refractivity contribution in [3.8, 4) is 0 Å². The molecule has 3 rings (SSSR count). The quantitative estimate of drug-likeness (QED) is 0.599. The van der Waals surface area contributed by atoms with E-state index in [1.54, 1.807) is 54.6 Å². The Morgan fingerprint density at radius 2 is 1.67 bits per heavy atom. The van der Waals surface area contributed by atoms with Gasteiger partial charge >= 0.3 is 6.03 Å². The van der Waals surface area contributed by atoms with Gasteiger partial charge in [-0.1, -0.05) is 35.9 Å². The fourth-order valence-electron chi connectivity index (χ4n) is 2.19. The van der Waals surface area contributed by atoms with Crippen molar-refractivity contribution < 1.29 is 13.2 Å². The number of nitrogens with zero attached hydrogens (tertiary/aromatic N) is 1. The van der Waals surface area contributed by atoms with Crippen molar-refractivity contribution in [3.63, 3.8) is 0 Å². The van der Waals surface area contributed by atoms with E-state index in [2.05, 4.69) is 15.6 Å². The van der Waals surface area contributed by atoms with Crippen molar-refractivity contribution in [1.29, 1.82) is 0 Å². The van der Waals surface area contributed by atoms with Gasteiger partial charge in [0.2, 0.25) is 0 Å². The zero-order valence-corrected chi connectivity index (χ0v) is 15.5. The number of sulfonamides is 1. The molecule has 1 heterocycles. The van der Waals surface area contributed by atoms with Crippen LogP contribution in [0.4, 0.5) is 22.0 Å². The lowest BCUT2D eigenvalue weighted by atomic mass is 10.3. The molecule has 0 radical (unpaired) electrons. The van der Waals surface area contributed by atoms with Crippen molar-refractivity contribution in [2.24, 2.45) is 0 Å². The predicted octanol–water partition coefficient (Wildman–Crippen LogP) is 3.99. The van der Waals surface area contributed by atoms with Crippen molar-refractivity contribution in [3.05, 3.63) is 77.9 Å². The Hall–Kier alpha value is -3.10. The molecule has 27 heavy (non-hydrogen) atoms. The Balaban J connectivity index is 1.67. The largest absolute Gasteiger partial charge is 0.340 e. The summed E-state index contributed by atoms with van der Waals surface area (Å²) in [7, 11) is -4.05. The number of hydrogen-bond acceptors (Lipinski definition) is 5. The first-order valence-corrected chi connectivity index (χ1v) is 9.66. The van der Waals surface area contributed by atoms with Crippen LogP contribution in [0.5, 0.6) is 0 Å². The molecule has 3 N–H and O–H groups in total. The molecule has 0 atom stereocenters. The molecule has 3 aromatic rings. The topological polar surface area (TPSA) is 100 Å². The number of rotatable bonds is 5. The van der Waals surface area contributed by atoms with E-state index in [1.807, 2.05) is 4.72 Å². The molecule has 0 fully saturated rings.